The molecule has 0 amide bonds. The summed E-state index contributed by atoms with van der Waals surface area (Å²) in [6.45, 7) is 3.43. The van der Waals surface area contributed by atoms with E-state index in [1.807, 2.05) is 36.4 Å². The number of carboxylic acids is 1. The SMILES string of the molecule is CCCCc1ccc(N=Nc2ccc(OCCCCCOc3ccc(C(=O)O)cc3)cc2)cc1. The number of rotatable bonds is 14. The number of hydrogen-bond donors (Lipinski definition) is 1. The highest BCUT2D eigenvalue weighted by Gasteiger charge is 2.02. The van der Waals surface area contributed by atoms with Crippen LogP contribution in [-0.4, -0.2) is 24.3 Å². The molecule has 6 nitrogen and oxygen atoms in total. The molecule has 6 heteroatoms. The van der Waals surface area contributed by atoms with Gasteiger partial charge >= 0.3 is 5.97 Å². The van der Waals surface area contributed by atoms with Crippen LogP contribution in [0.3, 0.4) is 0 Å². The summed E-state index contributed by atoms with van der Waals surface area (Å²) in [4.78, 5) is 10.8. The second kappa shape index (κ2) is 13.8. The molecule has 0 radical (unpaired) electrons. The number of hydrogen-bond acceptors (Lipinski definition) is 5. The molecule has 3 aromatic rings. The maximum absolute atomic E-state index is 10.8. The van der Waals surface area contributed by atoms with Crippen molar-refractivity contribution in [3.8, 4) is 11.5 Å². The molecule has 0 aromatic heterocycles. The van der Waals surface area contributed by atoms with Gasteiger partial charge in [0.25, 0.3) is 0 Å². The molecule has 178 valence electrons. The van der Waals surface area contributed by atoms with Crippen LogP contribution in [0, 0.1) is 0 Å². The van der Waals surface area contributed by atoms with Gasteiger partial charge in [0.1, 0.15) is 11.5 Å². The van der Waals surface area contributed by atoms with E-state index in [1.54, 1.807) is 24.3 Å². The number of carbonyl (C=O) groups is 1. The van der Waals surface area contributed by atoms with Crippen LogP contribution in [0.5, 0.6) is 11.5 Å². The average Bonchev–Trinajstić information content (AvgIpc) is 2.87. The van der Waals surface area contributed by atoms with Gasteiger partial charge in [0, 0.05) is 0 Å². The number of carboxylic acid groups (broad SMARTS) is 1. The Balaban J connectivity index is 1.30. The van der Waals surface area contributed by atoms with Crippen molar-refractivity contribution in [2.24, 2.45) is 10.2 Å². The second-order valence-electron chi connectivity index (χ2n) is 8.05. The lowest BCUT2D eigenvalue weighted by Crippen LogP contribution is -2.01. The van der Waals surface area contributed by atoms with Crippen LogP contribution in [-0.2, 0) is 6.42 Å². The Morgan fingerprint density at radius 1 is 0.706 bits per heavy atom. The number of aryl methyl sites for hydroxylation is 1. The molecule has 0 aliphatic carbocycles. The van der Waals surface area contributed by atoms with Crippen molar-refractivity contribution in [2.75, 3.05) is 13.2 Å². The monoisotopic (exact) mass is 460 g/mol. The van der Waals surface area contributed by atoms with E-state index in [1.165, 1.54) is 18.4 Å². The molecule has 0 aliphatic rings. The van der Waals surface area contributed by atoms with Gasteiger partial charge in [-0.2, -0.15) is 10.2 Å². The molecule has 0 fully saturated rings. The third-order valence-corrected chi connectivity index (χ3v) is 5.30. The van der Waals surface area contributed by atoms with Crippen molar-refractivity contribution in [1.29, 1.82) is 0 Å². The van der Waals surface area contributed by atoms with Crippen LogP contribution in [0.1, 0.15) is 54.9 Å². The number of azo groups is 1. The summed E-state index contributed by atoms with van der Waals surface area (Å²) in [6, 6.07) is 22.3. The maximum Gasteiger partial charge on any atom is 0.335 e. The van der Waals surface area contributed by atoms with Crippen molar-refractivity contribution in [3.63, 3.8) is 0 Å². The number of ether oxygens (including phenoxy) is 2. The molecular weight excluding hydrogens is 428 g/mol. The van der Waals surface area contributed by atoms with Crippen LogP contribution in [0.2, 0.25) is 0 Å². The van der Waals surface area contributed by atoms with E-state index in [2.05, 4.69) is 29.3 Å². The van der Waals surface area contributed by atoms with Crippen molar-refractivity contribution < 1.29 is 19.4 Å². The summed E-state index contributed by atoms with van der Waals surface area (Å²) in [5, 5.41) is 17.5. The molecular formula is C28H32N2O4. The van der Waals surface area contributed by atoms with Gasteiger partial charge in [0.05, 0.1) is 30.2 Å². The molecule has 0 spiro atoms. The summed E-state index contributed by atoms with van der Waals surface area (Å²) < 4.78 is 11.4. The van der Waals surface area contributed by atoms with Gasteiger partial charge in [-0.15, -0.1) is 0 Å². The van der Waals surface area contributed by atoms with Crippen molar-refractivity contribution in [1.82, 2.24) is 0 Å². The highest BCUT2D eigenvalue weighted by Crippen LogP contribution is 2.22. The zero-order valence-electron chi connectivity index (χ0n) is 19.7. The fourth-order valence-electron chi connectivity index (χ4n) is 3.29. The largest absolute Gasteiger partial charge is 0.494 e. The van der Waals surface area contributed by atoms with Crippen LogP contribution in [0.15, 0.2) is 83.0 Å². The standard InChI is InChI=1S/C28H32N2O4/c1-2-3-7-22-8-12-24(13-9-22)29-30-25-14-18-27(19-15-25)34-21-6-4-5-20-33-26-16-10-23(11-17-26)28(31)32/h8-19H,2-7,20-21H2,1H3,(H,31,32). The smallest absolute Gasteiger partial charge is 0.335 e. The first-order chi connectivity index (χ1) is 16.6. The third-order valence-electron chi connectivity index (χ3n) is 5.30. The average molecular weight is 461 g/mol. The minimum atomic E-state index is -0.936. The predicted molar refractivity (Wildman–Crippen MR) is 134 cm³/mol. The minimum Gasteiger partial charge on any atom is -0.494 e. The van der Waals surface area contributed by atoms with E-state index in [-0.39, 0.29) is 5.56 Å². The Morgan fingerprint density at radius 3 is 1.71 bits per heavy atom. The van der Waals surface area contributed by atoms with Gasteiger partial charge in [0.2, 0.25) is 0 Å². The quantitative estimate of drug-likeness (QED) is 0.197. The summed E-state index contributed by atoms with van der Waals surface area (Å²) in [5.41, 5.74) is 3.23. The molecule has 0 saturated carbocycles. The molecule has 0 heterocycles. The molecule has 0 aliphatic heterocycles. The zero-order valence-corrected chi connectivity index (χ0v) is 19.7. The summed E-state index contributed by atoms with van der Waals surface area (Å²) in [7, 11) is 0. The molecule has 3 rings (SSSR count). The lowest BCUT2D eigenvalue weighted by molar-refractivity contribution is 0.0697. The topological polar surface area (TPSA) is 80.5 Å². The molecule has 1 N–H and O–H groups in total. The third kappa shape index (κ3) is 8.70. The van der Waals surface area contributed by atoms with Crippen molar-refractivity contribution in [2.45, 2.75) is 45.4 Å². The Bertz CT molecular complexity index is 1030. The molecule has 34 heavy (non-hydrogen) atoms. The van der Waals surface area contributed by atoms with E-state index < -0.39 is 5.97 Å². The lowest BCUT2D eigenvalue weighted by atomic mass is 10.1. The fourth-order valence-corrected chi connectivity index (χ4v) is 3.29. The summed E-state index contributed by atoms with van der Waals surface area (Å²) in [6.07, 6.45) is 6.32. The predicted octanol–water partition coefficient (Wildman–Crippen LogP) is 7.77. The summed E-state index contributed by atoms with van der Waals surface area (Å²) >= 11 is 0. The first kappa shape index (κ1) is 25.0. The van der Waals surface area contributed by atoms with E-state index in [0.717, 1.165) is 42.8 Å². The highest BCUT2D eigenvalue weighted by molar-refractivity contribution is 5.87. The number of nitrogens with zero attached hydrogens (tertiary/aromatic N) is 2. The number of aromatic carboxylic acids is 1. The van der Waals surface area contributed by atoms with E-state index >= 15 is 0 Å². The van der Waals surface area contributed by atoms with Crippen LogP contribution in [0.4, 0.5) is 11.4 Å². The van der Waals surface area contributed by atoms with Gasteiger partial charge in [-0.3, -0.25) is 0 Å². The van der Waals surface area contributed by atoms with E-state index in [9.17, 15) is 4.79 Å². The normalized spacial score (nSPS) is 11.0. The number of benzene rings is 3. The lowest BCUT2D eigenvalue weighted by Gasteiger charge is -2.08. The van der Waals surface area contributed by atoms with Gasteiger partial charge < -0.3 is 14.6 Å². The first-order valence-electron chi connectivity index (χ1n) is 11.8. The Kier molecular flexibility index (Phi) is 10.1. The van der Waals surface area contributed by atoms with Gasteiger partial charge in [0.15, 0.2) is 0 Å². The van der Waals surface area contributed by atoms with Crippen LogP contribution in [0.25, 0.3) is 0 Å². The zero-order chi connectivity index (χ0) is 24.0. The molecule has 0 bridgehead atoms. The van der Waals surface area contributed by atoms with Gasteiger partial charge in [-0.05, 0) is 98.3 Å². The Morgan fingerprint density at radius 2 is 1.21 bits per heavy atom. The van der Waals surface area contributed by atoms with Crippen LogP contribution >= 0.6 is 0 Å². The molecule has 0 saturated heterocycles. The highest BCUT2D eigenvalue weighted by atomic mass is 16.5. The number of unbranched alkanes of at least 4 members (excludes halogenated alkanes) is 3. The molecule has 3 aromatic carbocycles. The van der Waals surface area contributed by atoms with E-state index in [4.69, 9.17) is 14.6 Å². The van der Waals surface area contributed by atoms with Crippen molar-refractivity contribution in [3.05, 3.63) is 83.9 Å². The minimum absolute atomic E-state index is 0.257. The van der Waals surface area contributed by atoms with E-state index in [0.29, 0.717) is 19.0 Å². The molecule has 0 unspecified atom stereocenters. The van der Waals surface area contributed by atoms with Gasteiger partial charge in [-0.1, -0.05) is 25.5 Å². The van der Waals surface area contributed by atoms with Crippen molar-refractivity contribution >= 4 is 17.3 Å². The second-order valence-corrected chi connectivity index (χ2v) is 8.05. The Hall–Kier alpha value is -3.67. The van der Waals surface area contributed by atoms with Crippen LogP contribution < -0.4 is 9.47 Å². The maximum atomic E-state index is 10.8. The first-order valence-corrected chi connectivity index (χ1v) is 11.8. The Labute approximate surface area is 201 Å². The summed E-state index contributed by atoms with van der Waals surface area (Å²) in [5.74, 6) is 0.561. The van der Waals surface area contributed by atoms with Gasteiger partial charge in [-0.25, -0.2) is 4.79 Å². The molecule has 0 atom stereocenters. The fraction of sp³-hybridized carbons (Fsp3) is 0.321.